The number of aliphatic hydroxyl groups is 4. The molecule has 0 aromatic heterocycles. The van der Waals surface area contributed by atoms with Gasteiger partial charge in [0.25, 0.3) is 0 Å². The summed E-state index contributed by atoms with van der Waals surface area (Å²) in [5.41, 5.74) is 1.01. The molecule has 1 aliphatic rings. The van der Waals surface area contributed by atoms with Crippen LogP contribution in [-0.2, 0) is 11.2 Å². The Balaban J connectivity index is 2.04. The van der Waals surface area contributed by atoms with E-state index < -0.39 is 37.3 Å². The van der Waals surface area contributed by atoms with E-state index in [9.17, 15) is 20.4 Å². The van der Waals surface area contributed by atoms with E-state index in [2.05, 4.69) is 6.92 Å². The summed E-state index contributed by atoms with van der Waals surface area (Å²) in [7, 11) is 0. The Labute approximate surface area is 142 Å². The van der Waals surface area contributed by atoms with Gasteiger partial charge in [-0.2, -0.15) is 0 Å². The molecule has 2 rings (SSSR count). The number of rotatable bonds is 8. The van der Waals surface area contributed by atoms with Crippen LogP contribution < -0.4 is 4.74 Å². The smallest absolute Gasteiger partial charge is 0.229 e. The quantitative estimate of drug-likeness (QED) is 0.527. The number of para-hydroxylation sites is 1. The van der Waals surface area contributed by atoms with Crippen molar-refractivity contribution in [1.82, 2.24) is 0 Å². The monoisotopic (exact) mass is 340 g/mol. The van der Waals surface area contributed by atoms with Crippen LogP contribution in [-0.4, -0.2) is 57.7 Å². The summed E-state index contributed by atoms with van der Waals surface area (Å²) < 4.78 is 11.2. The van der Waals surface area contributed by atoms with Gasteiger partial charge in [0.1, 0.15) is 30.2 Å². The molecule has 6 heteroatoms. The van der Waals surface area contributed by atoms with E-state index in [0.29, 0.717) is 5.75 Å². The number of aryl methyl sites for hydroxylation is 1. The zero-order chi connectivity index (χ0) is 17.5. The van der Waals surface area contributed by atoms with Gasteiger partial charge >= 0.3 is 0 Å². The summed E-state index contributed by atoms with van der Waals surface area (Å²) in [6, 6.07) is 7.51. The Hall–Kier alpha value is -1.18. The fraction of sp³-hybridized carbons (Fsp3) is 0.667. The van der Waals surface area contributed by atoms with Gasteiger partial charge in [0.15, 0.2) is 0 Å². The zero-order valence-electron chi connectivity index (χ0n) is 14.0. The molecule has 6 nitrogen and oxygen atoms in total. The second-order valence-corrected chi connectivity index (χ2v) is 6.23. The third-order valence-corrected chi connectivity index (χ3v) is 4.36. The molecule has 1 saturated heterocycles. The second kappa shape index (κ2) is 9.34. The molecule has 0 saturated carbocycles. The van der Waals surface area contributed by atoms with Gasteiger partial charge in [-0.25, -0.2) is 0 Å². The average molecular weight is 340 g/mol. The lowest BCUT2D eigenvalue weighted by Gasteiger charge is -2.39. The van der Waals surface area contributed by atoms with E-state index in [1.54, 1.807) is 6.07 Å². The number of aliphatic hydroxyl groups excluding tert-OH is 4. The number of hydrogen-bond donors (Lipinski definition) is 4. The van der Waals surface area contributed by atoms with Crippen molar-refractivity contribution in [3.63, 3.8) is 0 Å². The normalized spacial score (nSPS) is 30.3. The standard InChI is InChI=1S/C18H28O6/c1-2-3-4-5-8-12-9-6-7-10-13(12)23-18-17(22)16(21)15(20)14(11-19)24-18/h6-7,9-10,14-22H,2-5,8,11H2,1H3/t14-,15+,16+,17+,18-/m1/s1. The van der Waals surface area contributed by atoms with Crippen molar-refractivity contribution in [2.24, 2.45) is 0 Å². The molecule has 4 N–H and O–H groups in total. The predicted octanol–water partition coefficient (Wildman–Crippen LogP) is 0.988. The fourth-order valence-electron chi connectivity index (χ4n) is 2.86. The maximum absolute atomic E-state index is 10.1. The first kappa shape index (κ1) is 19.1. The molecule has 0 spiro atoms. The van der Waals surface area contributed by atoms with Crippen LogP contribution >= 0.6 is 0 Å². The molecule has 136 valence electrons. The van der Waals surface area contributed by atoms with E-state index in [4.69, 9.17) is 9.47 Å². The van der Waals surface area contributed by atoms with Gasteiger partial charge < -0.3 is 29.9 Å². The van der Waals surface area contributed by atoms with Gasteiger partial charge in [0, 0.05) is 0 Å². The van der Waals surface area contributed by atoms with Crippen LogP contribution in [0.25, 0.3) is 0 Å². The molecule has 5 atom stereocenters. The van der Waals surface area contributed by atoms with Crippen LogP contribution in [0, 0.1) is 0 Å². The lowest BCUT2D eigenvalue weighted by molar-refractivity contribution is -0.277. The molecule has 1 aromatic carbocycles. The van der Waals surface area contributed by atoms with Gasteiger partial charge in [-0.1, -0.05) is 44.4 Å². The summed E-state index contributed by atoms with van der Waals surface area (Å²) in [4.78, 5) is 0. The molecule has 1 aromatic rings. The fourth-order valence-corrected chi connectivity index (χ4v) is 2.86. The number of benzene rings is 1. The Kier molecular flexibility index (Phi) is 7.45. The Morgan fingerprint density at radius 3 is 2.46 bits per heavy atom. The predicted molar refractivity (Wildman–Crippen MR) is 88.7 cm³/mol. The second-order valence-electron chi connectivity index (χ2n) is 6.23. The van der Waals surface area contributed by atoms with Crippen molar-refractivity contribution in [2.75, 3.05) is 6.61 Å². The molecule has 0 bridgehead atoms. The Bertz CT molecular complexity index is 492. The molecule has 0 amide bonds. The van der Waals surface area contributed by atoms with Gasteiger partial charge in [-0.05, 0) is 24.5 Å². The van der Waals surface area contributed by atoms with Crippen LogP contribution in [0.3, 0.4) is 0 Å². The van der Waals surface area contributed by atoms with E-state index in [1.807, 2.05) is 18.2 Å². The van der Waals surface area contributed by atoms with Gasteiger partial charge in [-0.3, -0.25) is 0 Å². The van der Waals surface area contributed by atoms with Gasteiger partial charge in [0.2, 0.25) is 6.29 Å². The van der Waals surface area contributed by atoms with Crippen molar-refractivity contribution < 1.29 is 29.9 Å². The minimum absolute atomic E-state index is 0.469. The Morgan fingerprint density at radius 2 is 1.75 bits per heavy atom. The number of unbranched alkanes of at least 4 members (excludes halogenated alkanes) is 3. The van der Waals surface area contributed by atoms with Crippen LogP contribution in [0.4, 0.5) is 0 Å². The summed E-state index contributed by atoms with van der Waals surface area (Å²) in [6.45, 7) is 1.69. The van der Waals surface area contributed by atoms with E-state index >= 15 is 0 Å². The molecule has 24 heavy (non-hydrogen) atoms. The van der Waals surface area contributed by atoms with E-state index in [0.717, 1.165) is 24.8 Å². The highest BCUT2D eigenvalue weighted by molar-refractivity contribution is 5.33. The minimum Gasteiger partial charge on any atom is -0.462 e. The van der Waals surface area contributed by atoms with E-state index in [1.165, 1.54) is 12.8 Å². The highest BCUT2D eigenvalue weighted by Crippen LogP contribution is 2.27. The van der Waals surface area contributed by atoms with E-state index in [-0.39, 0.29) is 0 Å². The lowest BCUT2D eigenvalue weighted by atomic mass is 9.99. The summed E-state index contributed by atoms with van der Waals surface area (Å²) >= 11 is 0. The van der Waals surface area contributed by atoms with Crippen LogP contribution in [0.5, 0.6) is 5.75 Å². The molecular formula is C18H28O6. The van der Waals surface area contributed by atoms with Crippen molar-refractivity contribution in [3.8, 4) is 5.75 Å². The lowest BCUT2D eigenvalue weighted by Crippen LogP contribution is -2.60. The first-order valence-electron chi connectivity index (χ1n) is 8.63. The zero-order valence-corrected chi connectivity index (χ0v) is 14.0. The summed E-state index contributed by atoms with van der Waals surface area (Å²) in [5.74, 6) is 0.582. The summed E-state index contributed by atoms with van der Waals surface area (Å²) in [5, 5.41) is 39.0. The van der Waals surface area contributed by atoms with Gasteiger partial charge in [0.05, 0.1) is 6.61 Å². The molecular weight excluding hydrogens is 312 g/mol. The SMILES string of the molecule is CCCCCCc1ccccc1O[C@@H]1O[C@H](CO)[C@H](O)[C@H](O)[C@@H]1O. The maximum Gasteiger partial charge on any atom is 0.229 e. The molecule has 1 heterocycles. The molecule has 1 aliphatic heterocycles. The van der Waals surface area contributed by atoms with Crippen molar-refractivity contribution >= 4 is 0 Å². The van der Waals surface area contributed by atoms with Crippen LogP contribution in [0.1, 0.15) is 38.2 Å². The van der Waals surface area contributed by atoms with Crippen LogP contribution in [0.2, 0.25) is 0 Å². The minimum atomic E-state index is -1.43. The molecule has 0 aliphatic carbocycles. The number of hydrogen-bond acceptors (Lipinski definition) is 6. The first-order chi connectivity index (χ1) is 11.6. The summed E-state index contributed by atoms with van der Waals surface area (Å²) in [6.07, 6.45) is -0.912. The topological polar surface area (TPSA) is 99.4 Å². The molecule has 1 fully saturated rings. The maximum atomic E-state index is 10.1. The first-order valence-corrected chi connectivity index (χ1v) is 8.63. The largest absolute Gasteiger partial charge is 0.462 e. The Morgan fingerprint density at radius 1 is 1.00 bits per heavy atom. The van der Waals surface area contributed by atoms with Crippen molar-refractivity contribution in [3.05, 3.63) is 29.8 Å². The third-order valence-electron chi connectivity index (χ3n) is 4.36. The molecule has 0 radical (unpaired) electrons. The third kappa shape index (κ3) is 4.68. The van der Waals surface area contributed by atoms with Gasteiger partial charge in [-0.15, -0.1) is 0 Å². The highest BCUT2D eigenvalue weighted by Gasteiger charge is 2.44. The average Bonchev–Trinajstić information content (AvgIpc) is 2.60. The van der Waals surface area contributed by atoms with Crippen molar-refractivity contribution in [1.29, 1.82) is 0 Å². The van der Waals surface area contributed by atoms with Crippen LogP contribution in [0.15, 0.2) is 24.3 Å². The number of ether oxygens (including phenoxy) is 2. The van der Waals surface area contributed by atoms with Crippen molar-refractivity contribution in [2.45, 2.75) is 69.7 Å². The molecule has 0 unspecified atom stereocenters. The highest BCUT2D eigenvalue weighted by atomic mass is 16.7.